The molecule has 2 aromatic rings. The molecule has 0 unspecified atom stereocenters. The fraction of sp³-hybridized carbons (Fsp3) is 0.286. The van der Waals surface area contributed by atoms with Crippen LogP contribution in [0.15, 0.2) is 48.5 Å². The molecule has 0 aliphatic heterocycles. The van der Waals surface area contributed by atoms with Crippen LogP contribution in [0.25, 0.3) is 0 Å². The van der Waals surface area contributed by atoms with Gasteiger partial charge in [0.25, 0.3) is 5.91 Å². The standard InChI is InChI=1S/C21H22N2O4/c1-3-26-19-11-7-17(8-12-19)21(25)27-15-20(24)23(14-4-13-22)18-9-5-16(2)6-10-18/h5-12H,3-4,14-15H2,1-2H3. The van der Waals surface area contributed by atoms with E-state index in [0.29, 0.717) is 23.6 Å². The lowest BCUT2D eigenvalue weighted by Crippen LogP contribution is -2.35. The zero-order valence-corrected chi connectivity index (χ0v) is 15.5. The van der Waals surface area contributed by atoms with Crippen molar-refractivity contribution in [2.45, 2.75) is 20.3 Å². The molecule has 0 spiro atoms. The average molecular weight is 366 g/mol. The average Bonchev–Trinajstić information content (AvgIpc) is 2.68. The first kappa shape index (κ1) is 20.0. The summed E-state index contributed by atoms with van der Waals surface area (Å²) in [6.07, 6.45) is 0.187. The highest BCUT2D eigenvalue weighted by atomic mass is 16.5. The van der Waals surface area contributed by atoms with Crippen molar-refractivity contribution >= 4 is 17.6 Å². The lowest BCUT2D eigenvalue weighted by molar-refractivity contribution is -0.121. The number of hydrogen-bond donors (Lipinski definition) is 0. The Morgan fingerprint density at radius 3 is 2.33 bits per heavy atom. The largest absolute Gasteiger partial charge is 0.494 e. The van der Waals surface area contributed by atoms with Crippen LogP contribution in [0.2, 0.25) is 0 Å². The summed E-state index contributed by atoms with van der Waals surface area (Å²) in [5.41, 5.74) is 2.07. The third kappa shape index (κ3) is 5.86. The number of esters is 1. The molecule has 0 atom stereocenters. The van der Waals surface area contributed by atoms with Gasteiger partial charge in [-0.05, 0) is 50.2 Å². The third-order valence-corrected chi connectivity index (χ3v) is 3.82. The zero-order chi connectivity index (χ0) is 19.6. The number of rotatable bonds is 8. The summed E-state index contributed by atoms with van der Waals surface area (Å²) < 4.78 is 10.5. The van der Waals surface area contributed by atoms with Crippen LogP contribution < -0.4 is 9.64 Å². The van der Waals surface area contributed by atoms with Gasteiger partial charge in [-0.1, -0.05) is 17.7 Å². The smallest absolute Gasteiger partial charge is 0.338 e. The molecule has 0 saturated heterocycles. The van der Waals surface area contributed by atoms with Gasteiger partial charge in [-0.25, -0.2) is 4.79 Å². The molecule has 0 aromatic heterocycles. The highest BCUT2D eigenvalue weighted by Crippen LogP contribution is 2.17. The number of carbonyl (C=O) groups is 2. The van der Waals surface area contributed by atoms with Gasteiger partial charge in [0.15, 0.2) is 6.61 Å². The molecule has 0 aliphatic rings. The highest BCUT2D eigenvalue weighted by molar-refractivity contribution is 5.97. The van der Waals surface area contributed by atoms with Gasteiger partial charge in [-0.2, -0.15) is 5.26 Å². The molecule has 0 aliphatic carbocycles. The van der Waals surface area contributed by atoms with Crippen LogP contribution >= 0.6 is 0 Å². The molecular formula is C21H22N2O4. The minimum Gasteiger partial charge on any atom is -0.494 e. The number of benzene rings is 2. The van der Waals surface area contributed by atoms with Crippen LogP contribution in [-0.4, -0.2) is 31.6 Å². The molecule has 2 rings (SSSR count). The van der Waals surface area contributed by atoms with Crippen molar-refractivity contribution in [1.29, 1.82) is 5.26 Å². The monoisotopic (exact) mass is 366 g/mol. The van der Waals surface area contributed by atoms with Gasteiger partial charge < -0.3 is 14.4 Å². The number of carbonyl (C=O) groups excluding carboxylic acids is 2. The Morgan fingerprint density at radius 1 is 1.07 bits per heavy atom. The normalized spacial score (nSPS) is 9.96. The molecule has 27 heavy (non-hydrogen) atoms. The molecular weight excluding hydrogens is 344 g/mol. The van der Waals surface area contributed by atoms with E-state index in [2.05, 4.69) is 0 Å². The van der Waals surface area contributed by atoms with Gasteiger partial charge in [0, 0.05) is 12.2 Å². The van der Waals surface area contributed by atoms with Crippen LogP contribution in [0.5, 0.6) is 5.75 Å². The zero-order valence-electron chi connectivity index (χ0n) is 15.5. The summed E-state index contributed by atoms with van der Waals surface area (Å²) in [6.45, 7) is 4.20. The van der Waals surface area contributed by atoms with Crippen molar-refractivity contribution in [2.24, 2.45) is 0 Å². The summed E-state index contributed by atoms with van der Waals surface area (Å²) in [4.78, 5) is 26.1. The van der Waals surface area contributed by atoms with Crippen LogP contribution in [0.3, 0.4) is 0 Å². The van der Waals surface area contributed by atoms with E-state index in [1.165, 1.54) is 4.90 Å². The number of aryl methyl sites for hydroxylation is 1. The van der Waals surface area contributed by atoms with E-state index in [0.717, 1.165) is 5.56 Å². The quantitative estimate of drug-likeness (QED) is 0.668. The number of hydrogen-bond acceptors (Lipinski definition) is 5. The molecule has 1 amide bonds. The molecule has 140 valence electrons. The van der Waals surface area contributed by atoms with Gasteiger partial charge in [0.2, 0.25) is 0 Å². The van der Waals surface area contributed by atoms with E-state index in [9.17, 15) is 9.59 Å². The molecule has 0 radical (unpaired) electrons. The molecule has 0 fully saturated rings. The summed E-state index contributed by atoms with van der Waals surface area (Å²) in [5, 5.41) is 8.83. The van der Waals surface area contributed by atoms with Crippen molar-refractivity contribution in [3.63, 3.8) is 0 Å². The number of anilines is 1. The van der Waals surface area contributed by atoms with Gasteiger partial charge in [0.1, 0.15) is 5.75 Å². The lowest BCUT2D eigenvalue weighted by Gasteiger charge is -2.21. The Balaban J connectivity index is 2.00. The number of amides is 1. The molecule has 0 saturated carbocycles. The van der Waals surface area contributed by atoms with Crippen LogP contribution in [-0.2, 0) is 9.53 Å². The van der Waals surface area contributed by atoms with E-state index in [-0.39, 0.29) is 18.9 Å². The van der Waals surface area contributed by atoms with E-state index in [1.54, 1.807) is 36.4 Å². The molecule has 0 heterocycles. The third-order valence-electron chi connectivity index (χ3n) is 3.82. The predicted molar refractivity (Wildman–Crippen MR) is 102 cm³/mol. The van der Waals surface area contributed by atoms with Gasteiger partial charge in [-0.15, -0.1) is 0 Å². The van der Waals surface area contributed by atoms with E-state index >= 15 is 0 Å². The number of nitrogens with zero attached hydrogens (tertiary/aromatic N) is 2. The first-order valence-corrected chi connectivity index (χ1v) is 8.69. The van der Waals surface area contributed by atoms with Crippen LogP contribution in [0.1, 0.15) is 29.3 Å². The Hall–Kier alpha value is -3.33. The maximum atomic E-state index is 12.5. The first-order valence-electron chi connectivity index (χ1n) is 8.69. The maximum Gasteiger partial charge on any atom is 0.338 e. The van der Waals surface area contributed by atoms with Crippen molar-refractivity contribution < 1.29 is 19.1 Å². The minimum absolute atomic E-state index is 0.187. The molecule has 0 N–H and O–H groups in total. The van der Waals surface area contributed by atoms with Gasteiger partial charge in [0.05, 0.1) is 24.7 Å². The number of nitriles is 1. The van der Waals surface area contributed by atoms with Crippen molar-refractivity contribution in [3.05, 3.63) is 59.7 Å². The summed E-state index contributed by atoms with van der Waals surface area (Å²) in [5.74, 6) is -0.309. The summed E-state index contributed by atoms with van der Waals surface area (Å²) in [7, 11) is 0. The lowest BCUT2D eigenvalue weighted by atomic mass is 10.2. The first-order chi connectivity index (χ1) is 13.0. The van der Waals surface area contributed by atoms with E-state index in [4.69, 9.17) is 14.7 Å². The molecule has 2 aromatic carbocycles. The topological polar surface area (TPSA) is 79.6 Å². The van der Waals surface area contributed by atoms with Crippen LogP contribution in [0.4, 0.5) is 5.69 Å². The Morgan fingerprint density at radius 2 is 1.74 bits per heavy atom. The van der Waals surface area contributed by atoms with Crippen LogP contribution in [0, 0.1) is 18.3 Å². The predicted octanol–water partition coefficient (Wildman–Crippen LogP) is 3.50. The Bertz CT molecular complexity index is 808. The fourth-order valence-corrected chi connectivity index (χ4v) is 2.43. The molecule has 6 heteroatoms. The summed E-state index contributed by atoms with van der Waals surface area (Å²) >= 11 is 0. The highest BCUT2D eigenvalue weighted by Gasteiger charge is 2.18. The maximum absolute atomic E-state index is 12.5. The second kappa shape index (κ2) is 9.97. The van der Waals surface area contributed by atoms with E-state index < -0.39 is 12.6 Å². The Labute approximate surface area is 158 Å². The molecule has 0 bridgehead atoms. The second-order valence-electron chi connectivity index (χ2n) is 5.82. The summed E-state index contributed by atoms with van der Waals surface area (Å²) in [6, 6.07) is 15.9. The Kier molecular flexibility index (Phi) is 7.38. The van der Waals surface area contributed by atoms with Crippen molar-refractivity contribution in [3.8, 4) is 11.8 Å². The van der Waals surface area contributed by atoms with Crippen molar-refractivity contribution in [2.75, 3.05) is 24.7 Å². The van der Waals surface area contributed by atoms with Gasteiger partial charge in [-0.3, -0.25) is 4.79 Å². The van der Waals surface area contributed by atoms with E-state index in [1.807, 2.05) is 32.0 Å². The molecule has 6 nitrogen and oxygen atoms in total. The van der Waals surface area contributed by atoms with Gasteiger partial charge >= 0.3 is 5.97 Å². The number of ether oxygens (including phenoxy) is 2. The SMILES string of the molecule is CCOc1ccc(C(=O)OCC(=O)N(CCC#N)c2ccc(C)cc2)cc1. The fourth-order valence-electron chi connectivity index (χ4n) is 2.43. The second-order valence-corrected chi connectivity index (χ2v) is 5.82. The van der Waals surface area contributed by atoms with Crippen molar-refractivity contribution in [1.82, 2.24) is 0 Å². The minimum atomic E-state index is -0.587.